The first-order valence-electron chi connectivity index (χ1n) is 5.37. The zero-order chi connectivity index (χ0) is 12.4. The highest BCUT2D eigenvalue weighted by Gasteiger charge is 2.23. The third-order valence-corrected chi connectivity index (χ3v) is 1.91. The molecule has 0 aromatic carbocycles. The van der Waals surface area contributed by atoms with Gasteiger partial charge in [-0.15, -0.1) is 0 Å². The second kappa shape index (κ2) is 8.23. The van der Waals surface area contributed by atoms with Crippen LogP contribution in [0.3, 0.4) is 0 Å². The van der Waals surface area contributed by atoms with E-state index in [0.717, 1.165) is 25.7 Å². The van der Waals surface area contributed by atoms with Crippen molar-refractivity contribution in [3.8, 4) is 11.8 Å². The second-order valence-corrected chi connectivity index (χ2v) is 3.48. The molecule has 0 amide bonds. The molecule has 1 N–H and O–H groups in total. The molecule has 0 bridgehead atoms. The molecule has 92 valence electrons. The molecule has 4 heteroatoms. The van der Waals surface area contributed by atoms with E-state index in [4.69, 9.17) is 5.11 Å². The van der Waals surface area contributed by atoms with Gasteiger partial charge in [0.25, 0.3) is 0 Å². The molecular weight excluding hydrogens is 217 g/mol. The lowest BCUT2D eigenvalue weighted by Gasteiger charge is -1.99. The number of aliphatic hydroxyl groups is 1. The fourth-order valence-corrected chi connectivity index (χ4v) is 1.14. The highest BCUT2D eigenvalue weighted by molar-refractivity contribution is 5.30. The summed E-state index contributed by atoms with van der Waals surface area (Å²) < 4.78 is 35.7. The first kappa shape index (κ1) is 15.0. The highest BCUT2D eigenvalue weighted by atomic mass is 19.4. The smallest absolute Gasteiger partial charge is 0.391 e. The van der Waals surface area contributed by atoms with Gasteiger partial charge in [-0.3, -0.25) is 0 Å². The largest absolute Gasteiger partial charge is 0.410 e. The molecule has 1 nitrogen and oxygen atoms in total. The molecule has 16 heavy (non-hydrogen) atoms. The molecule has 0 radical (unpaired) electrons. The van der Waals surface area contributed by atoms with Gasteiger partial charge >= 0.3 is 6.18 Å². The summed E-state index contributed by atoms with van der Waals surface area (Å²) in [5.41, 5.74) is -0.275. The summed E-state index contributed by atoms with van der Waals surface area (Å²) in [6, 6.07) is 0. The van der Waals surface area contributed by atoms with Crippen molar-refractivity contribution in [3.63, 3.8) is 0 Å². The molecule has 0 aliphatic heterocycles. The average molecular weight is 234 g/mol. The molecule has 0 aliphatic carbocycles. The van der Waals surface area contributed by atoms with Crippen LogP contribution in [0.1, 0.15) is 39.0 Å². The van der Waals surface area contributed by atoms with Gasteiger partial charge in [0.05, 0.1) is 6.61 Å². The van der Waals surface area contributed by atoms with Gasteiger partial charge in [-0.2, -0.15) is 13.2 Å². The van der Waals surface area contributed by atoms with Crippen LogP contribution in [0.25, 0.3) is 0 Å². The van der Waals surface area contributed by atoms with Crippen molar-refractivity contribution in [2.24, 2.45) is 0 Å². The second-order valence-electron chi connectivity index (χ2n) is 3.48. The topological polar surface area (TPSA) is 20.2 Å². The lowest BCUT2D eigenvalue weighted by atomic mass is 10.1. The Morgan fingerprint density at radius 2 is 1.94 bits per heavy atom. The van der Waals surface area contributed by atoms with Gasteiger partial charge in [-0.25, -0.2) is 0 Å². The van der Waals surface area contributed by atoms with E-state index in [1.165, 1.54) is 0 Å². The summed E-state index contributed by atoms with van der Waals surface area (Å²) in [7, 11) is 0. The SMILES string of the molecule is CCCCCCC#C/C(=C/C(F)(F)F)CO. The lowest BCUT2D eigenvalue weighted by molar-refractivity contribution is -0.0806. The van der Waals surface area contributed by atoms with Crippen LogP contribution in [-0.4, -0.2) is 17.9 Å². The zero-order valence-corrected chi connectivity index (χ0v) is 9.40. The predicted molar refractivity (Wildman–Crippen MR) is 57.8 cm³/mol. The van der Waals surface area contributed by atoms with Crippen molar-refractivity contribution in [1.82, 2.24) is 0 Å². The fourth-order valence-electron chi connectivity index (χ4n) is 1.14. The Balaban J connectivity index is 4.04. The monoisotopic (exact) mass is 234 g/mol. The number of hydrogen-bond acceptors (Lipinski definition) is 1. The van der Waals surface area contributed by atoms with Crippen LogP contribution in [0.5, 0.6) is 0 Å². The van der Waals surface area contributed by atoms with Crippen LogP contribution < -0.4 is 0 Å². The van der Waals surface area contributed by atoms with E-state index in [9.17, 15) is 13.2 Å². The minimum absolute atomic E-state index is 0.0477. The summed E-state index contributed by atoms with van der Waals surface area (Å²) in [6.45, 7) is 1.42. The van der Waals surface area contributed by atoms with Gasteiger partial charge in [-0.05, 0) is 6.42 Å². The van der Waals surface area contributed by atoms with E-state index in [2.05, 4.69) is 18.8 Å². The zero-order valence-electron chi connectivity index (χ0n) is 9.40. The average Bonchev–Trinajstić information content (AvgIpc) is 2.19. The molecule has 0 aliphatic rings. The molecular formula is C12H17F3O. The van der Waals surface area contributed by atoms with Crippen LogP contribution in [0.4, 0.5) is 13.2 Å². The van der Waals surface area contributed by atoms with E-state index in [-0.39, 0.29) is 11.6 Å². The van der Waals surface area contributed by atoms with Crippen LogP contribution >= 0.6 is 0 Å². The maximum Gasteiger partial charge on any atom is 0.410 e. The minimum atomic E-state index is -4.41. The standard InChI is InChI=1S/C12H17F3O/c1-2-3-4-5-6-7-8-11(10-16)9-12(13,14)15/h9,16H,2-6,10H2,1H3/b11-9-. The van der Waals surface area contributed by atoms with Crippen molar-refractivity contribution in [2.45, 2.75) is 45.2 Å². The van der Waals surface area contributed by atoms with Crippen molar-refractivity contribution < 1.29 is 18.3 Å². The Morgan fingerprint density at radius 3 is 2.44 bits per heavy atom. The van der Waals surface area contributed by atoms with Crippen LogP contribution in [0.2, 0.25) is 0 Å². The van der Waals surface area contributed by atoms with E-state index in [0.29, 0.717) is 6.42 Å². The molecule has 0 rings (SSSR count). The van der Waals surface area contributed by atoms with Crippen molar-refractivity contribution >= 4 is 0 Å². The molecule has 0 saturated heterocycles. The Hall–Kier alpha value is -0.950. The summed E-state index contributed by atoms with van der Waals surface area (Å²) in [6.07, 6.45) is 0.389. The first-order chi connectivity index (χ1) is 7.49. The van der Waals surface area contributed by atoms with Crippen LogP contribution in [-0.2, 0) is 0 Å². The number of aliphatic hydroxyl groups excluding tert-OH is 1. The lowest BCUT2D eigenvalue weighted by Crippen LogP contribution is -2.04. The molecule has 0 unspecified atom stereocenters. The maximum atomic E-state index is 11.9. The molecule has 0 aromatic rings. The number of hydrogen-bond donors (Lipinski definition) is 1. The quantitative estimate of drug-likeness (QED) is 0.570. The van der Waals surface area contributed by atoms with Gasteiger partial charge in [0.2, 0.25) is 0 Å². The van der Waals surface area contributed by atoms with Gasteiger partial charge in [-0.1, -0.05) is 38.0 Å². The third kappa shape index (κ3) is 9.60. The summed E-state index contributed by atoms with van der Waals surface area (Å²) >= 11 is 0. The molecule has 0 aromatic heterocycles. The van der Waals surface area contributed by atoms with Gasteiger partial charge in [0.15, 0.2) is 0 Å². The van der Waals surface area contributed by atoms with Gasteiger partial charge in [0.1, 0.15) is 0 Å². The molecule has 0 heterocycles. The van der Waals surface area contributed by atoms with Crippen molar-refractivity contribution in [1.29, 1.82) is 0 Å². The first-order valence-corrected chi connectivity index (χ1v) is 5.37. The normalized spacial score (nSPS) is 12.2. The maximum absolute atomic E-state index is 11.9. The number of unbranched alkanes of at least 4 members (excludes halogenated alkanes) is 4. The molecule has 0 spiro atoms. The van der Waals surface area contributed by atoms with Gasteiger partial charge < -0.3 is 5.11 Å². The highest BCUT2D eigenvalue weighted by Crippen LogP contribution is 2.18. The summed E-state index contributed by atoms with van der Waals surface area (Å²) in [5, 5.41) is 8.66. The Labute approximate surface area is 94.4 Å². The molecule has 0 atom stereocenters. The van der Waals surface area contributed by atoms with E-state index in [1.54, 1.807) is 0 Å². The van der Waals surface area contributed by atoms with Crippen molar-refractivity contribution in [2.75, 3.05) is 6.61 Å². The fraction of sp³-hybridized carbons (Fsp3) is 0.667. The summed E-state index contributed by atoms with van der Waals surface area (Å²) in [5.74, 6) is 4.98. The van der Waals surface area contributed by atoms with E-state index in [1.807, 2.05) is 0 Å². The number of rotatable bonds is 5. The molecule has 0 fully saturated rings. The van der Waals surface area contributed by atoms with Crippen molar-refractivity contribution in [3.05, 3.63) is 11.6 Å². The van der Waals surface area contributed by atoms with Crippen LogP contribution in [0, 0.1) is 11.8 Å². The number of halogens is 3. The van der Waals surface area contributed by atoms with E-state index < -0.39 is 12.8 Å². The Bertz CT molecular complexity index is 268. The minimum Gasteiger partial charge on any atom is -0.391 e. The number of alkyl halides is 3. The van der Waals surface area contributed by atoms with Crippen LogP contribution in [0.15, 0.2) is 11.6 Å². The Morgan fingerprint density at radius 1 is 1.25 bits per heavy atom. The Kier molecular flexibility index (Phi) is 7.74. The third-order valence-electron chi connectivity index (χ3n) is 1.91. The summed E-state index contributed by atoms with van der Waals surface area (Å²) in [4.78, 5) is 0. The predicted octanol–water partition coefficient (Wildman–Crippen LogP) is 3.44. The van der Waals surface area contributed by atoms with E-state index >= 15 is 0 Å². The van der Waals surface area contributed by atoms with Gasteiger partial charge in [0, 0.05) is 18.1 Å². The molecule has 0 saturated carbocycles. The number of allylic oxidation sites excluding steroid dienone is 1.